The van der Waals surface area contributed by atoms with Crippen LogP contribution in [0.25, 0.3) is 0 Å². The summed E-state index contributed by atoms with van der Waals surface area (Å²) in [6.07, 6.45) is -1.31. The van der Waals surface area contributed by atoms with Crippen LogP contribution in [0.5, 0.6) is 0 Å². The molecule has 0 saturated carbocycles. The minimum atomic E-state index is -1.65. The van der Waals surface area contributed by atoms with Crippen molar-refractivity contribution in [2.24, 2.45) is 0 Å². The molecule has 0 spiro atoms. The summed E-state index contributed by atoms with van der Waals surface area (Å²) in [7, 11) is 0. The number of amides is 2. The minimum Gasteiger partial charge on any atom is -0.480 e. The summed E-state index contributed by atoms with van der Waals surface area (Å²) >= 11 is 0. The highest BCUT2D eigenvalue weighted by atomic mass is 16.6. The van der Waals surface area contributed by atoms with Crippen molar-refractivity contribution in [2.45, 2.75) is 44.4 Å². The molecule has 0 aliphatic carbocycles. The van der Waals surface area contributed by atoms with Crippen molar-refractivity contribution in [3.63, 3.8) is 0 Å². The normalized spacial score (nSPS) is 12.7. The largest absolute Gasteiger partial charge is 0.480 e. The topological polar surface area (TPSA) is 174 Å². The molecule has 0 aliphatic heterocycles. The predicted octanol–water partition coefficient (Wildman–Crippen LogP) is 3.74. The number of non-ortho nitro benzene ring substituents is 1. The van der Waals surface area contributed by atoms with Gasteiger partial charge >= 0.3 is 18.0 Å². The van der Waals surface area contributed by atoms with Gasteiger partial charge in [0.05, 0.1) is 18.0 Å². The van der Waals surface area contributed by atoms with Crippen molar-refractivity contribution in [2.75, 3.05) is 6.61 Å². The highest BCUT2D eigenvalue weighted by molar-refractivity contribution is 5.90. The van der Waals surface area contributed by atoms with Crippen molar-refractivity contribution in [1.29, 1.82) is 0 Å². The van der Waals surface area contributed by atoms with Gasteiger partial charge in [-0.2, -0.15) is 0 Å². The molecule has 12 nitrogen and oxygen atoms in total. The van der Waals surface area contributed by atoms with E-state index < -0.39 is 53.3 Å². The zero-order valence-corrected chi connectivity index (χ0v) is 22.8. The van der Waals surface area contributed by atoms with Crippen molar-refractivity contribution in [3.8, 4) is 0 Å². The summed E-state index contributed by atoms with van der Waals surface area (Å²) in [6, 6.07) is 19.8. The number of aliphatic carboxylic acids is 1. The lowest BCUT2D eigenvalue weighted by Gasteiger charge is -2.27. The fraction of sp³-hybridized carbons (Fsp3) is 0.267. The number of carboxylic acids is 1. The number of nitro groups is 1. The number of ether oxygens (including phenoxy) is 2. The number of carbonyl (C=O) groups is 4. The Morgan fingerprint density at radius 1 is 0.857 bits per heavy atom. The van der Waals surface area contributed by atoms with Crippen LogP contribution in [0.1, 0.15) is 36.0 Å². The monoisotopic (exact) mass is 577 g/mol. The van der Waals surface area contributed by atoms with E-state index in [0.717, 1.165) is 5.56 Å². The Morgan fingerprint density at radius 2 is 1.45 bits per heavy atom. The Hall–Kier alpha value is -5.26. The molecule has 3 rings (SSSR count). The highest BCUT2D eigenvalue weighted by Gasteiger charge is 2.35. The number of nitrogens with one attached hydrogen (secondary N) is 2. The lowest BCUT2D eigenvalue weighted by atomic mass is 9.88. The molecule has 0 bridgehead atoms. The summed E-state index contributed by atoms with van der Waals surface area (Å²) < 4.78 is 10.3. The molecule has 3 aromatic carbocycles. The number of benzene rings is 3. The molecular formula is C30H31N3O9. The molecule has 3 N–H and O–H groups in total. The second kappa shape index (κ2) is 15.5. The van der Waals surface area contributed by atoms with E-state index in [9.17, 15) is 34.4 Å². The molecule has 0 aliphatic rings. The number of nitro benzene ring substituents is 1. The zero-order valence-electron chi connectivity index (χ0n) is 22.8. The van der Waals surface area contributed by atoms with Gasteiger partial charge in [-0.05, 0) is 23.6 Å². The first kappa shape index (κ1) is 31.3. The van der Waals surface area contributed by atoms with Gasteiger partial charge < -0.3 is 25.2 Å². The molecule has 0 fully saturated rings. The van der Waals surface area contributed by atoms with Gasteiger partial charge in [0.15, 0.2) is 0 Å². The highest BCUT2D eigenvalue weighted by Crippen LogP contribution is 2.27. The molecule has 0 aromatic heterocycles. The second-order valence-electron chi connectivity index (χ2n) is 9.24. The molecule has 3 aromatic rings. The van der Waals surface area contributed by atoms with E-state index in [-0.39, 0.29) is 30.9 Å². The lowest BCUT2D eigenvalue weighted by molar-refractivity contribution is -0.384. The van der Waals surface area contributed by atoms with E-state index in [4.69, 9.17) is 9.47 Å². The van der Waals surface area contributed by atoms with E-state index >= 15 is 0 Å². The Kier molecular flexibility index (Phi) is 11.5. The molecule has 3 atom stereocenters. The van der Waals surface area contributed by atoms with Gasteiger partial charge in [-0.1, -0.05) is 72.8 Å². The molecule has 0 heterocycles. The van der Waals surface area contributed by atoms with Crippen LogP contribution in [-0.4, -0.2) is 52.7 Å². The van der Waals surface area contributed by atoms with Crippen molar-refractivity contribution in [1.82, 2.24) is 10.6 Å². The van der Waals surface area contributed by atoms with Gasteiger partial charge in [0.1, 0.15) is 18.7 Å². The number of carboxylic acid groups (broad SMARTS) is 1. The van der Waals surface area contributed by atoms with Crippen LogP contribution >= 0.6 is 0 Å². The number of carbonyl (C=O) groups excluding carboxylic acids is 3. The zero-order chi connectivity index (χ0) is 30.5. The van der Waals surface area contributed by atoms with Gasteiger partial charge in [0, 0.05) is 24.5 Å². The number of hydrogen-bond acceptors (Lipinski definition) is 8. The maximum Gasteiger partial charge on any atom is 0.408 e. The fourth-order valence-corrected chi connectivity index (χ4v) is 4.23. The third-order valence-corrected chi connectivity index (χ3v) is 6.29. The minimum absolute atomic E-state index is 0.0134. The molecule has 0 saturated heterocycles. The molecule has 42 heavy (non-hydrogen) atoms. The Bertz CT molecular complexity index is 1370. The summed E-state index contributed by atoms with van der Waals surface area (Å²) in [5.74, 6) is -4.15. The molecule has 0 unspecified atom stereocenters. The summed E-state index contributed by atoms with van der Waals surface area (Å²) in [4.78, 5) is 61.5. The number of alkyl carbamates (subject to hydrolysis) is 1. The van der Waals surface area contributed by atoms with Gasteiger partial charge in [-0.25, -0.2) is 9.59 Å². The lowest BCUT2D eigenvalue weighted by Crippen LogP contribution is -2.54. The number of hydrogen-bond donors (Lipinski definition) is 3. The van der Waals surface area contributed by atoms with E-state index in [2.05, 4.69) is 10.6 Å². The van der Waals surface area contributed by atoms with E-state index in [0.29, 0.717) is 5.56 Å². The molecule has 2 amide bonds. The van der Waals surface area contributed by atoms with Crippen molar-refractivity contribution >= 4 is 29.6 Å². The quantitative estimate of drug-likeness (QED) is 0.146. The average Bonchev–Trinajstić information content (AvgIpc) is 2.98. The van der Waals surface area contributed by atoms with Crippen LogP contribution in [0.15, 0.2) is 84.9 Å². The Balaban J connectivity index is 1.85. The number of nitrogens with zero attached hydrogens (tertiary/aromatic N) is 1. The van der Waals surface area contributed by atoms with Crippen LogP contribution in [0.2, 0.25) is 0 Å². The number of esters is 1. The summed E-state index contributed by atoms with van der Waals surface area (Å²) in [5, 5.41) is 26.2. The van der Waals surface area contributed by atoms with Gasteiger partial charge in [-0.15, -0.1) is 0 Å². The summed E-state index contributed by atoms with van der Waals surface area (Å²) in [5.41, 5.74) is 1.45. The maximum absolute atomic E-state index is 13.5. The van der Waals surface area contributed by atoms with Crippen LogP contribution in [0.3, 0.4) is 0 Å². The molecule has 0 radical (unpaired) electrons. The standard InChI is InChI=1S/C30H31N3O9/c1-2-41-26(34)18-24(22-13-15-23(16-14-22)33(39)40)27(29(36)37)32-28(35)25(17-20-9-5-3-6-10-20)31-30(38)42-19-21-11-7-4-8-12-21/h3-16,24-25,27H,2,17-19H2,1H3,(H,31,38)(H,32,35)(H,36,37)/t24-,25-,27+/m1/s1. The first-order valence-electron chi connectivity index (χ1n) is 13.1. The van der Waals surface area contributed by atoms with Gasteiger partial charge in [-0.3, -0.25) is 19.7 Å². The van der Waals surface area contributed by atoms with Crippen LogP contribution in [0.4, 0.5) is 10.5 Å². The van der Waals surface area contributed by atoms with Crippen molar-refractivity contribution in [3.05, 3.63) is 112 Å². The van der Waals surface area contributed by atoms with Crippen LogP contribution in [-0.2, 0) is 36.9 Å². The van der Waals surface area contributed by atoms with Gasteiger partial charge in [0.2, 0.25) is 5.91 Å². The van der Waals surface area contributed by atoms with Gasteiger partial charge in [0.25, 0.3) is 5.69 Å². The van der Waals surface area contributed by atoms with Crippen LogP contribution < -0.4 is 10.6 Å². The second-order valence-corrected chi connectivity index (χ2v) is 9.24. The summed E-state index contributed by atoms with van der Waals surface area (Å²) in [6.45, 7) is 1.59. The first-order chi connectivity index (χ1) is 20.2. The van der Waals surface area contributed by atoms with Crippen LogP contribution in [0, 0.1) is 10.1 Å². The molecule has 220 valence electrons. The Morgan fingerprint density at radius 3 is 2.00 bits per heavy atom. The predicted molar refractivity (Wildman–Crippen MR) is 150 cm³/mol. The van der Waals surface area contributed by atoms with E-state index in [1.54, 1.807) is 61.5 Å². The average molecular weight is 578 g/mol. The third-order valence-electron chi connectivity index (χ3n) is 6.29. The van der Waals surface area contributed by atoms with E-state index in [1.165, 1.54) is 24.3 Å². The molecular weight excluding hydrogens is 546 g/mol. The fourth-order valence-electron chi connectivity index (χ4n) is 4.23. The maximum atomic E-state index is 13.5. The Labute approximate surface area is 241 Å². The van der Waals surface area contributed by atoms with Crippen molar-refractivity contribution < 1.29 is 38.7 Å². The number of rotatable bonds is 14. The van der Waals surface area contributed by atoms with E-state index in [1.807, 2.05) is 6.07 Å². The third kappa shape index (κ3) is 9.44. The smallest absolute Gasteiger partial charge is 0.408 e. The molecule has 12 heteroatoms. The SMILES string of the molecule is CCOC(=O)C[C@H](c1ccc([N+](=O)[O-])cc1)[C@H](NC(=O)[C@@H](Cc1ccccc1)NC(=O)OCc1ccccc1)C(=O)O. The first-order valence-corrected chi connectivity index (χ1v) is 13.1.